The minimum atomic E-state index is -0.203. The molecule has 9 nitrogen and oxygen atoms in total. The van der Waals surface area contributed by atoms with E-state index in [1.807, 2.05) is 25.2 Å². The van der Waals surface area contributed by atoms with Crippen LogP contribution in [0.1, 0.15) is 12.8 Å². The van der Waals surface area contributed by atoms with Crippen LogP contribution in [0, 0.1) is 0 Å². The molecule has 4 rings (SSSR count). The van der Waals surface area contributed by atoms with Crippen LogP contribution in [-0.2, 0) is 7.05 Å². The Morgan fingerprint density at radius 2 is 2.08 bits per heavy atom. The SMILES string of the molecule is Cn1nnc2cc(NC(=O)NC3CCN(c4cnccn4)CC3)ccc21. The molecule has 0 radical (unpaired) electrons. The molecule has 0 bridgehead atoms. The maximum Gasteiger partial charge on any atom is 0.319 e. The Balaban J connectivity index is 1.31. The van der Waals surface area contributed by atoms with E-state index >= 15 is 0 Å². The van der Waals surface area contributed by atoms with E-state index in [9.17, 15) is 4.79 Å². The molecule has 2 aromatic heterocycles. The summed E-state index contributed by atoms with van der Waals surface area (Å²) in [6.45, 7) is 1.68. The summed E-state index contributed by atoms with van der Waals surface area (Å²) in [5.74, 6) is 0.882. The highest BCUT2D eigenvalue weighted by molar-refractivity contribution is 5.92. The highest BCUT2D eigenvalue weighted by Crippen LogP contribution is 2.18. The Morgan fingerprint density at radius 1 is 1.23 bits per heavy atom. The van der Waals surface area contributed by atoms with Crippen molar-refractivity contribution >= 4 is 28.6 Å². The van der Waals surface area contributed by atoms with Gasteiger partial charge in [-0.05, 0) is 31.0 Å². The van der Waals surface area contributed by atoms with Gasteiger partial charge in [-0.15, -0.1) is 5.10 Å². The molecule has 1 aliphatic heterocycles. The van der Waals surface area contributed by atoms with E-state index in [-0.39, 0.29) is 12.1 Å². The number of aryl methyl sites for hydroxylation is 1. The number of urea groups is 1. The first kappa shape index (κ1) is 16.2. The lowest BCUT2D eigenvalue weighted by atomic mass is 10.1. The maximum absolute atomic E-state index is 12.3. The number of nitrogens with zero attached hydrogens (tertiary/aromatic N) is 6. The summed E-state index contributed by atoms with van der Waals surface area (Å²) in [4.78, 5) is 22.9. The van der Waals surface area contributed by atoms with Gasteiger partial charge in [0.05, 0.1) is 11.7 Å². The predicted octanol–water partition coefficient (Wildman–Crippen LogP) is 1.55. The average molecular weight is 352 g/mol. The zero-order chi connectivity index (χ0) is 17.9. The van der Waals surface area contributed by atoms with E-state index in [1.54, 1.807) is 23.3 Å². The number of piperidine rings is 1. The van der Waals surface area contributed by atoms with Crippen LogP contribution in [0.25, 0.3) is 11.0 Å². The fraction of sp³-hybridized carbons (Fsp3) is 0.353. The summed E-state index contributed by atoms with van der Waals surface area (Å²) in [5.41, 5.74) is 2.38. The fourth-order valence-corrected chi connectivity index (χ4v) is 3.18. The van der Waals surface area contributed by atoms with Crippen molar-refractivity contribution in [1.82, 2.24) is 30.3 Å². The van der Waals surface area contributed by atoms with Crippen LogP contribution in [0.3, 0.4) is 0 Å². The van der Waals surface area contributed by atoms with Gasteiger partial charge in [-0.2, -0.15) is 0 Å². The van der Waals surface area contributed by atoms with Gasteiger partial charge in [-0.25, -0.2) is 14.5 Å². The van der Waals surface area contributed by atoms with Crippen molar-refractivity contribution in [2.45, 2.75) is 18.9 Å². The molecule has 1 fully saturated rings. The van der Waals surface area contributed by atoms with Crippen LogP contribution in [0.4, 0.5) is 16.3 Å². The number of carbonyl (C=O) groups excluding carboxylic acids is 1. The molecule has 3 aromatic rings. The molecule has 2 amide bonds. The Hall–Kier alpha value is -3.23. The number of amides is 2. The highest BCUT2D eigenvalue weighted by Gasteiger charge is 2.21. The first-order valence-corrected chi connectivity index (χ1v) is 8.57. The van der Waals surface area contributed by atoms with Gasteiger partial charge < -0.3 is 15.5 Å². The van der Waals surface area contributed by atoms with Gasteiger partial charge in [0.15, 0.2) is 0 Å². The van der Waals surface area contributed by atoms with Crippen molar-refractivity contribution in [1.29, 1.82) is 0 Å². The molecular formula is C17H20N8O. The third-order valence-electron chi connectivity index (χ3n) is 4.57. The molecular weight excluding hydrogens is 332 g/mol. The van der Waals surface area contributed by atoms with Gasteiger partial charge in [0.1, 0.15) is 11.3 Å². The molecule has 9 heteroatoms. The summed E-state index contributed by atoms with van der Waals surface area (Å²) in [6, 6.07) is 5.50. The second-order valence-electron chi connectivity index (χ2n) is 6.34. The number of benzene rings is 1. The van der Waals surface area contributed by atoms with Gasteiger partial charge in [-0.3, -0.25) is 4.98 Å². The molecule has 1 aromatic carbocycles. The van der Waals surface area contributed by atoms with Crippen molar-refractivity contribution in [3.8, 4) is 0 Å². The van der Waals surface area contributed by atoms with Crippen LogP contribution in [0.15, 0.2) is 36.8 Å². The second-order valence-corrected chi connectivity index (χ2v) is 6.34. The fourth-order valence-electron chi connectivity index (χ4n) is 3.18. The van der Waals surface area contributed by atoms with Crippen LogP contribution >= 0.6 is 0 Å². The van der Waals surface area contributed by atoms with Crippen molar-refractivity contribution in [2.24, 2.45) is 7.05 Å². The van der Waals surface area contributed by atoms with Crippen LogP contribution < -0.4 is 15.5 Å². The number of carbonyl (C=O) groups is 1. The van der Waals surface area contributed by atoms with Gasteiger partial charge in [0.2, 0.25) is 0 Å². The number of hydrogen-bond donors (Lipinski definition) is 2. The van der Waals surface area contributed by atoms with Crippen LogP contribution in [-0.4, -0.2) is 50.1 Å². The summed E-state index contributed by atoms with van der Waals surface area (Å²) >= 11 is 0. The number of rotatable bonds is 3. The van der Waals surface area contributed by atoms with E-state index in [2.05, 4.69) is 35.8 Å². The average Bonchev–Trinajstić information content (AvgIpc) is 3.03. The van der Waals surface area contributed by atoms with E-state index in [0.717, 1.165) is 42.8 Å². The Bertz CT molecular complexity index is 902. The third-order valence-corrected chi connectivity index (χ3v) is 4.57. The molecule has 1 saturated heterocycles. The molecule has 0 spiro atoms. The highest BCUT2D eigenvalue weighted by atomic mass is 16.2. The quantitative estimate of drug-likeness (QED) is 0.742. The minimum Gasteiger partial charge on any atom is -0.355 e. The summed E-state index contributed by atoms with van der Waals surface area (Å²) in [7, 11) is 1.84. The number of anilines is 2. The number of nitrogens with one attached hydrogen (secondary N) is 2. The van der Waals surface area contributed by atoms with Gasteiger partial charge in [0, 0.05) is 44.3 Å². The first-order valence-electron chi connectivity index (χ1n) is 8.57. The summed E-state index contributed by atoms with van der Waals surface area (Å²) < 4.78 is 1.70. The van der Waals surface area contributed by atoms with Crippen molar-refractivity contribution in [2.75, 3.05) is 23.3 Å². The van der Waals surface area contributed by atoms with Crippen molar-refractivity contribution < 1.29 is 4.79 Å². The lowest BCUT2D eigenvalue weighted by Crippen LogP contribution is -2.46. The molecule has 26 heavy (non-hydrogen) atoms. The molecule has 3 heterocycles. The maximum atomic E-state index is 12.3. The molecule has 2 N–H and O–H groups in total. The number of fused-ring (bicyclic) bond motifs is 1. The van der Waals surface area contributed by atoms with E-state index in [1.165, 1.54) is 0 Å². The normalized spacial score (nSPS) is 15.2. The number of aromatic nitrogens is 5. The lowest BCUT2D eigenvalue weighted by molar-refractivity contribution is 0.246. The van der Waals surface area contributed by atoms with Gasteiger partial charge >= 0.3 is 6.03 Å². The van der Waals surface area contributed by atoms with E-state index in [4.69, 9.17) is 0 Å². The first-order chi connectivity index (χ1) is 12.7. The smallest absolute Gasteiger partial charge is 0.319 e. The minimum absolute atomic E-state index is 0.142. The topological polar surface area (TPSA) is 101 Å². The molecule has 0 aliphatic carbocycles. The zero-order valence-corrected chi connectivity index (χ0v) is 14.5. The Labute approximate surface area is 150 Å². The standard InChI is InChI=1S/C17H20N8O/c1-24-15-3-2-13(10-14(15)22-23-24)21-17(26)20-12-4-8-25(9-5-12)16-11-18-6-7-19-16/h2-3,6-7,10-12H,4-5,8-9H2,1H3,(H2,20,21,26). The van der Waals surface area contributed by atoms with E-state index < -0.39 is 0 Å². The monoisotopic (exact) mass is 352 g/mol. The third kappa shape index (κ3) is 3.41. The van der Waals surface area contributed by atoms with Crippen LogP contribution in [0.5, 0.6) is 0 Å². The lowest BCUT2D eigenvalue weighted by Gasteiger charge is -2.32. The van der Waals surface area contributed by atoms with Crippen LogP contribution in [0.2, 0.25) is 0 Å². The molecule has 134 valence electrons. The van der Waals surface area contributed by atoms with Crippen molar-refractivity contribution in [3.05, 3.63) is 36.8 Å². The largest absolute Gasteiger partial charge is 0.355 e. The zero-order valence-electron chi connectivity index (χ0n) is 14.5. The molecule has 0 unspecified atom stereocenters. The van der Waals surface area contributed by atoms with Crippen molar-refractivity contribution in [3.63, 3.8) is 0 Å². The second kappa shape index (κ2) is 6.95. The Kier molecular flexibility index (Phi) is 4.34. The van der Waals surface area contributed by atoms with E-state index in [0.29, 0.717) is 5.69 Å². The summed E-state index contributed by atoms with van der Waals surface area (Å²) in [6.07, 6.45) is 6.87. The summed E-state index contributed by atoms with van der Waals surface area (Å²) in [5, 5.41) is 13.9. The predicted molar refractivity (Wildman–Crippen MR) is 97.9 cm³/mol. The van der Waals surface area contributed by atoms with Gasteiger partial charge in [-0.1, -0.05) is 5.21 Å². The number of hydrogen-bond acceptors (Lipinski definition) is 6. The molecule has 0 atom stereocenters. The molecule has 1 aliphatic rings. The Morgan fingerprint density at radius 3 is 2.85 bits per heavy atom. The molecule has 0 saturated carbocycles. The van der Waals surface area contributed by atoms with Gasteiger partial charge in [0.25, 0.3) is 0 Å².